The third-order valence-corrected chi connectivity index (χ3v) is 18.9. The number of hydrogen-bond acceptors (Lipinski definition) is 13. The maximum absolute atomic E-state index is 14.3. The van der Waals surface area contributed by atoms with E-state index in [0.717, 1.165) is 57.8 Å². The Morgan fingerprint density at radius 1 is 0.770 bits per heavy atom. The molecule has 4 heterocycles. The van der Waals surface area contributed by atoms with Crippen molar-refractivity contribution in [2.24, 2.45) is 0 Å². The minimum Gasteiger partial charge on any atom is -0.493 e. The molecule has 4 aliphatic heterocycles. The van der Waals surface area contributed by atoms with Crippen molar-refractivity contribution in [3.05, 3.63) is 130 Å². The number of fused-ring (bicyclic) bond motifs is 8. The Morgan fingerprint density at radius 3 is 1.86 bits per heavy atom. The fourth-order valence-corrected chi connectivity index (χ4v) is 14.3. The van der Waals surface area contributed by atoms with Gasteiger partial charge in [-0.2, -0.15) is 8.42 Å². The highest BCUT2D eigenvalue weighted by Crippen LogP contribution is 2.44. The van der Waals surface area contributed by atoms with Gasteiger partial charge in [0.2, 0.25) is 5.91 Å². The molecule has 3 atom stereocenters. The van der Waals surface area contributed by atoms with Crippen LogP contribution < -0.4 is 39.1 Å². The highest BCUT2D eigenvalue weighted by Gasteiger charge is 2.41. The Balaban J connectivity index is 0.933. The normalized spacial score (nSPS) is 17.3. The van der Waals surface area contributed by atoms with Crippen molar-refractivity contribution in [3.8, 4) is 17.2 Å². The van der Waals surface area contributed by atoms with Crippen molar-refractivity contribution in [1.82, 2.24) is 0 Å². The second-order valence-electron chi connectivity index (χ2n) is 20.2. The van der Waals surface area contributed by atoms with Gasteiger partial charge in [-0.05, 0) is 117 Å². The highest BCUT2D eigenvalue weighted by atomic mass is 33.1. The van der Waals surface area contributed by atoms with Crippen molar-refractivity contribution < 1.29 is 46.4 Å². The molecule has 5 aromatic carbocycles. The number of rotatable bonds is 19. The van der Waals surface area contributed by atoms with Gasteiger partial charge in [-0.25, -0.2) is 0 Å². The van der Waals surface area contributed by atoms with Gasteiger partial charge >= 0.3 is 0 Å². The molecule has 9 rings (SSSR count). The lowest BCUT2D eigenvalue weighted by molar-refractivity contribution is -0.118. The van der Waals surface area contributed by atoms with Crippen LogP contribution in [0.4, 0.5) is 28.4 Å². The Bertz CT molecular complexity index is 3130. The fourth-order valence-electron chi connectivity index (χ4n) is 10.5. The highest BCUT2D eigenvalue weighted by molar-refractivity contribution is 8.77. The minimum absolute atomic E-state index is 0.00590. The molecule has 0 saturated carbocycles. The van der Waals surface area contributed by atoms with E-state index in [2.05, 4.69) is 27.2 Å². The molecule has 0 fully saturated rings. The van der Waals surface area contributed by atoms with E-state index in [0.29, 0.717) is 59.3 Å². The summed E-state index contributed by atoms with van der Waals surface area (Å²) in [6, 6.07) is 29.2. The Hall–Kier alpha value is -6.21. The van der Waals surface area contributed by atoms with Crippen LogP contribution in [0.25, 0.3) is 0 Å². The number of likely N-dealkylation sites (N-methyl/N-ethyl adjacent to an activating group) is 2. The van der Waals surface area contributed by atoms with Crippen molar-refractivity contribution in [1.29, 1.82) is 0 Å². The summed E-state index contributed by atoms with van der Waals surface area (Å²) in [6.45, 7) is 8.99. The molecule has 1 unspecified atom stereocenters. The number of para-hydroxylation sites is 2. The smallest absolute Gasteiger partial charge is 0.275 e. The largest absolute Gasteiger partial charge is 0.493 e. The van der Waals surface area contributed by atoms with E-state index in [9.17, 15) is 32.1 Å². The van der Waals surface area contributed by atoms with Crippen molar-refractivity contribution in [2.75, 3.05) is 65.0 Å². The van der Waals surface area contributed by atoms with Gasteiger partial charge < -0.3 is 39.1 Å². The Morgan fingerprint density at radius 2 is 1.31 bits per heavy atom. The molecule has 18 heteroatoms. The van der Waals surface area contributed by atoms with Crippen LogP contribution in [0.1, 0.15) is 95.0 Å². The molecule has 2 N–H and O–H groups in total. The number of nitrogens with zero attached hydrogens (tertiary/aromatic N) is 4. The minimum atomic E-state index is -4.50. The zero-order valence-corrected chi connectivity index (χ0v) is 45.3. The number of ether oxygens (including phenoxy) is 3. The number of carbonyl (C=O) groups excluding carboxylic acids is 4. The van der Waals surface area contributed by atoms with E-state index < -0.39 is 25.9 Å². The predicted octanol–water partition coefficient (Wildman–Crippen LogP) is 9.71. The van der Waals surface area contributed by atoms with E-state index in [1.165, 1.54) is 27.2 Å². The Kier molecular flexibility index (Phi) is 15.3. The molecule has 3 amide bonds. The molecule has 4 aliphatic rings. The topological polar surface area (TPSA) is 175 Å². The summed E-state index contributed by atoms with van der Waals surface area (Å²) in [4.78, 5) is 62.5. The molecular weight excluding hydrogens is 999 g/mol. The number of methoxy groups -OCH3 is 1. The number of amides is 3. The van der Waals surface area contributed by atoms with Crippen LogP contribution in [0.2, 0.25) is 0 Å². The summed E-state index contributed by atoms with van der Waals surface area (Å²) in [6.07, 6.45) is 2.23. The molecule has 390 valence electrons. The lowest BCUT2D eigenvalue weighted by atomic mass is 10.1. The number of aryl methyl sites for hydroxylation is 1. The van der Waals surface area contributed by atoms with Crippen LogP contribution in [0.3, 0.4) is 0 Å². The van der Waals surface area contributed by atoms with Gasteiger partial charge in [0, 0.05) is 79.7 Å². The van der Waals surface area contributed by atoms with Gasteiger partial charge in [0.1, 0.15) is 24.2 Å². The summed E-state index contributed by atoms with van der Waals surface area (Å²) >= 11 is 0. The zero-order valence-electron chi connectivity index (χ0n) is 42.8. The monoisotopic (exact) mass is 1060 g/mol. The number of benzene rings is 5. The Labute approximate surface area is 441 Å². The number of Topliss-reactive ketones (excluding diaryl/α,β-unsaturated/α-hetero) is 1. The summed E-state index contributed by atoms with van der Waals surface area (Å²) in [5.41, 5.74) is 9.69. The number of nitrogens with one attached hydrogen (secondary N) is 1. The van der Waals surface area contributed by atoms with Crippen LogP contribution in [-0.4, -0.2) is 98.6 Å². The SMILES string of the molecule is CCC(=O)C(CCSSC(C)(C)CCC(=O)Nc1cc(COc2cc3c(cc2C)C(=O)N2c4ccccc4C[C@H]2CN3C)cc(COc2cc3c(cc2OC)C(=O)N2c4ccccc4C[C@H]2CN3C)c1)S(=O)(=O)O. The molecule has 15 nitrogen and oxygen atoms in total. The molecular formula is C56H63N5O10S3. The first-order valence-corrected chi connectivity index (χ1v) is 28.7. The third kappa shape index (κ3) is 11.1. The van der Waals surface area contributed by atoms with Crippen molar-refractivity contribution in [3.63, 3.8) is 0 Å². The average molecular weight is 1060 g/mol. The summed E-state index contributed by atoms with van der Waals surface area (Å²) < 4.78 is 51.9. The lowest BCUT2D eigenvalue weighted by Crippen LogP contribution is -2.41. The molecule has 0 aliphatic carbocycles. The van der Waals surface area contributed by atoms with Crippen LogP contribution in [-0.2, 0) is 45.8 Å². The maximum atomic E-state index is 14.3. The van der Waals surface area contributed by atoms with E-state index in [-0.39, 0.29) is 62.3 Å². The van der Waals surface area contributed by atoms with Gasteiger partial charge in [-0.15, -0.1) is 0 Å². The van der Waals surface area contributed by atoms with Crippen molar-refractivity contribution >= 4 is 83.6 Å². The van der Waals surface area contributed by atoms with E-state index >= 15 is 0 Å². The molecule has 5 aromatic rings. The van der Waals surface area contributed by atoms with Crippen molar-refractivity contribution in [2.45, 2.75) is 102 Å². The van der Waals surface area contributed by atoms with Gasteiger partial charge in [-0.3, -0.25) is 23.7 Å². The first kappa shape index (κ1) is 52.6. The van der Waals surface area contributed by atoms with Gasteiger partial charge in [0.25, 0.3) is 21.9 Å². The number of anilines is 5. The van der Waals surface area contributed by atoms with Crippen LogP contribution in [0.15, 0.2) is 91.0 Å². The molecule has 0 bridgehead atoms. The maximum Gasteiger partial charge on any atom is 0.275 e. The van der Waals surface area contributed by atoms with Crippen LogP contribution in [0, 0.1) is 6.92 Å². The van der Waals surface area contributed by atoms with Gasteiger partial charge in [0.05, 0.1) is 41.7 Å². The number of ketones is 1. The van der Waals surface area contributed by atoms with E-state index in [4.69, 9.17) is 14.2 Å². The second kappa shape index (κ2) is 21.6. The molecule has 0 saturated heterocycles. The number of hydrogen-bond donors (Lipinski definition) is 2. The lowest BCUT2D eigenvalue weighted by Gasteiger charge is -2.25. The van der Waals surface area contributed by atoms with Gasteiger partial charge in [-0.1, -0.05) is 64.9 Å². The fraction of sp³-hybridized carbons (Fsp3) is 0.393. The molecule has 0 radical (unpaired) electrons. The standard InChI is InChI=1S/C56H63N5O10S3/c1-8-48(62)52(74(66,67)68)18-20-72-73-56(3,4)19-17-53(63)57-39-23-35(32-70-49-28-46-42(21-34(49)2)54(64)60-40(30-58(46)5)25-37-13-9-11-15-44(37)60)22-36(24-39)33-71-51-29-47-43(27-50(51)69-7)55(65)61-41(31-59(47)6)26-38-14-10-12-16-45(38)61/h9-16,21-24,27-29,40-41,52H,8,17-20,25-26,30-33H2,1-7H3,(H,57,63)(H,66,67,68)/t40-,41-,52?/m0/s1. The quantitative estimate of drug-likeness (QED) is 0.0454. The van der Waals surface area contributed by atoms with E-state index in [1.54, 1.807) is 20.1 Å². The van der Waals surface area contributed by atoms with Crippen LogP contribution in [0.5, 0.6) is 17.2 Å². The molecule has 74 heavy (non-hydrogen) atoms. The summed E-state index contributed by atoms with van der Waals surface area (Å²) in [7, 11) is 3.93. The summed E-state index contributed by atoms with van der Waals surface area (Å²) in [5.74, 6) is 0.938. The van der Waals surface area contributed by atoms with Crippen LogP contribution >= 0.6 is 21.6 Å². The molecule has 0 aromatic heterocycles. The van der Waals surface area contributed by atoms with E-state index in [1.807, 2.05) is 117 Å². The third-order valence-electron chi connectivity index (χ3n) is 14.3. The average Bonchev–Trinajstić information content (AvgIpc) is 3.87. The summed E-state index contributed by atoms with van der Waals surface area (Å²) in [5, 5.41) is 1.65. The first-order chi connectivity index (χ1) is 35.3. The first-order valence-electron chi connectivity index (χ1n) is 24.9. The van der Waals surface area contributed by atoms with Gasteiger partial charge in [0.15, 0.2) is 17.3 Å². The predicted molar refractivity (Wildman–Crippen MR) is 295 cm³/mol. The number of carbonyl (C=O) groups is 4. The second-order valence-corrected chi connectivity index (χ2v) is 24.9. The molecule has 0 spiro atoms. The zero-order chi connectivity index (χ0) is 52.6.